The Morgan fingerprint density at radius 3 is 2.67 bits per heavy atom. The van der Waals surface area contributed by atoms with Gasteiger partial charge >= 0.3 is 12.1 Å². The van der Waals surface area contributed by atoms with E-state index in [1.54, 1.807) is 13.8 Å². The van der Waals surface area contributed by atoms with Crippen molar-refractivity contribution in [3.05, 3.63) is 22.1 Å². The Bertz CT molecular complexity index is 1020. The number of aliphatic hydroxyl groups excluding tert-OH is 1. The Hall–Kier alpha value is -2.58. The third kappa shape index (κ3) is 3.98. The van der Waals surface area contributed by atoms with Crippen LogP contribution < -0.4 is 5.43 Å². The number of carbonyl (C=O) groups is 2. The third-order valence-corrected chi connectivity index (χ3v) is 9.96. The number of esters is 1. The fourth-order valence-electron chi connectivity index (χ4n) is 8.34. The highest BCUT2D eigenvalue weighted by molar-refractivity contribution is 5.94. The maximum atomic E-state index is 11.9. The van der Waals surface area contributed by atoms with E-state index in [-0.39, 0.29) is 30.0 Å². The summed E-state index contributed by atoms with van der Waals surface area (Å²) < 4.78 is 10.5. The van der Waals surface area contributed by atoms with Gasteiger partial charge < -0.3 is 14.6 Å². The number of hydrogen-bond donors (Lipinski definition) is 2. The van der Waals surface area contributed by atoms with Crippen LogP contribution in [0.25, 0.3) is 10.4 Å². The molecule has 1 amide bonds. The maximum absolute atomic E-state index is 11.9. The largest absolute Gasteiger partial charge is 0.462 e. The second kappa shape index (κ2) is 9.71. The number of aliphatic hydroxyl groups is 1. The van der Waals surface area contributed by atoms with E-state index < -0.39 is 23.2 Å². The summed E-state index contributed by atoms with van der Waals surface area (Å²) in [6, 6.07) is 0. The van der Waals surface area contributed by atoms with E-state index >= 15 is 0 Å². The van der Waals surface area contributed by atoms with Crippen LogP contribution in [0.4, 0.5) is 4.79 Å². The zero-order valence-electron chi connectivity index (χ0n) is 22.0. The van der Waals surface area contributed by atoms with E-state index in [4.69, 9.17) is 9.47 Å². The lowest BCUT2D eigenvalue weighted by Gasteiger charge is -2.59. The molecule has 0 aromatic heterocycles. The van der Waals surface area contributed by atoms with Crippen molar-refractivity contribution in [1.29, 1.82) is 0 Å². The fourth-order valence-corrected chi connectivity index (χ4v) is 8.34. The van der Waals surface area contributed by atoms with E-state index in [0.29, 0.717) is 24.0 Å². The van der Waals surface area contributed by atoms with Crippen molar-refractivity contribution in [2.24, 2.45) is 38.8 Å². The lowest BCUT2D eigenvalue weighted by molar-refractivity contribution is -0.148. The van der Waals surface area contributed by atoms with Gasteiger partial charge in [-0.25, -0.2) is 10.2 Å². The van der Waals surface area contributed by atoms with Crippen molar-refractivity contribution in [2.45, 2.75) is 97.3 Å². The molecule has 0 spiro atoms. The van der Waals surface area contributed by atoms with Gasteiger partial charge in [0.1, 0.15) is 11.6 Å². The lowest BCUT2D eigenvalue weighted by Crippen LogP contribution is -2.58. The molecule has 0 bridgehead atoms. The Balaban J connectivity index is 1.66. The first-order chi connectivity index (χ1) is 17.0. The highest BCUT2D eigenvalue weighted by Gasteiger charge is 2.68. The van der Waals surface area contributed by atoms with Crippen molar-refractivity contribution in [1.82, 2.24) is 5.43 Å². The Labute approximate surface area is 212 Å². The van der Waals surface area contributed by atoms with Crippen LogP contribution in [0.15, 0.2) is 21.9 Å². The molecule has 3 saturated carbocycles. The maximum Gasteiger partial charge on any atom is 0.427 e. The predicted octanol–water partition coefficient (Wildman–Crippen LogP) is 5.02. The van der Waals surface area contributed by atoms with Crippen molar-refractivity contribution in [3.63, 3.8) is 0 Å². The minimum atomic E-state index is -1.26. The summed E-state index contributed by atoms with van der Waals surface area (Å²) in [4.78, 5) is 26.5. The second-order valence-corrected chi connectivity index (χ2v) is 11.4. The van der Waals surface area contributed by atoms with E-state index in [1.165, 1.54) is 12.5 Å². The molecule has 2 N–H and O–H groups in total. The number of fused-ring (bicyclic) bond motifs is 5. The molecule has 4 aliphatic carbocycles. The molecule has 0 aromatic carbocycles. The molecule has 10 heteroatoms. The van der Waals surface area contributed by atoms with Crippen molar-refractivity contribution in [2.75, 3.05) is 6.61 Å². The van der Waals surface area contributed by atoms with Gasteiger partial charge in [0, 0.05) is 18.3 Å². The molecule has 0 aliphatic heterocycles. The van der Waals surface area contributed by atoms with E-state index in [9.17, 15) is 20.2 Å². The van der Waals surface area contributed by atoms with E-state index in [1.807, 2.05) is 0 Å². The zero-order valence-corrected chi connectivity index (χ0v) is 22.0. The summed E-state index contributed by atoms with van der Waals surface area (Å²) in [5, 5.41) is 19.9. The first-order valence-corrected chi connectivity index (χ1v) is 13.1. The molecule has 10 nitrogen and oxygen atoms in total. The van der Waals surface area contributed by atoms with Crippen LogP contribution in [0.2, 0.25) is 0 Å². The van der Waals surface area contributed by atoms with Crippen LogP contribution >= 0.6 is 0 Å². The molecular weight excluding hydrogens is 462 g/mol. The van der Waals surface area contributed by atoms with Crippen molar-refractivity contribution < 1.29 is 24.2 Å². The number of rotatable bonds is 5. The lowest BCUT2D eigenvalue weighted by atomic mass is 9.46. The molecule has 0 radical (unpaired) electrons. The number of amides is 1. The summed E-state index contributed by atoms with van der Waals surface area (Å²) in [6.45, 7) is 9.56. The highest BCUT2D eigenvalue weighted by Crippen LogP contribution is 2.68. The Morgan fingerprint density at radius 1 is 1.25 bits per heavy atom. The first-order valence-electron chi connectivity index (χ1n) is 13.1. The molecule has 8 atom stereocenters. The number of nitrogens with zero attached hydrogens (tertiary/aromatic N) is 4. The van der Waals surface area contributed by atoms with Crippen molar-refractivity contribution >= 4 is 17.8 Å². The average molecular weight is 502 g/mol. The summed E-state index contributed by atoms with van der Waals surface area (Å²) >= 11 is 0. The van der Waals surface area contributed by atoms with Crippen LogP contribution in [0.1, 0.15) is 79.6 Å². The van der Waals surface area contributed by atoms with Crippen LogP contribution in [0.3, 0.4) is 0 Å². The number of carbonyl (C=O) groups excluding carboxylic acids is 2. The van der Waals surface area contributed by atoms with E-state index in [2.05, 4.69) is 40.5 Å². The van der Waals surface area contributed by atoms with Crippen LogP contribution in [-0.4, -0.2) is 47.2 Å². The predicted molar refractivity (Wildman–Crippen MR) is 134 cm³/mol. The SMILES string of the molecule is CCOC(=O)N/N=C(\C)[C@@]1(N=[N+]=[N-])[C@H](O)CC2C3CC=C4C[C@@H](OC(C)=O)CC[C@]4(C)C3CC[C@@]21C. The standard InChI is InChI=1S/C26H39N5O5/c1-6-35-23(34)29-28-15(2)26(30-31-27)22(33)14-21-19-8-7-17-13-18(36-16(3)32)9-11-24(17,4)20(19)10-12-25(21,26)5/h7,18-22,33H,6,8-14H2,1-5H3,(H,29,34)/b28-15+/t18-,19?,20?,21?,22+,24-,25-,26+/m0/s1. The molecule has 4 rings (SSSR count). The third-order valence-electron chi connectivity index (χ3n) is 9.96. The van der Waals surface area contributed by atoms with Gasteiger partial charge in [0.2, 0.25) is 0 Å². The molecule has 198 valence electrons. The van der Waals surface area contributed by atoms with Gasteiger partial charge in [0.25, 0.3) is 0 Å². The number of nitrogens with one attached hydrogen (secondary N) is 1. The molecule has 3 unspecified atom stereocenters. The Kier molecular flexibility index (Phi) is 7.14. The van der Waals surface area contributed by atoms with E-state index in [0.717, 1.165) is 38.5 Å². The number of hydrogen-bond acceptors (Lipinski definition) is 7. The monoisotopic (exact) mass is 501 g/mol. The average Bonchev–Trinajstić information content (AvgIpc) is 3.05. The molecule has 0 saturated heterocycles. The number of ether oxygens (including phenoxy) is 2. The van der Waals surface area contributed by atoms with Crippen LogP contribution in [0.5, 0.6) is 0 Å². The van der Waals surface area contributed by atoms with Gasteiger partial charge in [0.05, 0.1) is 18.4 Å². The van der Waals surface area contributed by atoms with Gasteiger partial charge in [-0.15, -0.1) is 0 Å². The van der Waals surface area contributed by atoms with Gasteiger partial charge in [0.15, 0.2) is 0 Å². The van der Waals surface area contributed by atoms with Crippen LogP contribution in [0, 0.1) is 28.6 Å². The molecule has 0 aromatic rings. The minimum absolute atomic E-state index is 0.0319. The van der Waals surface area contributed by atoms with Gasteiger partial charge in [-0.3, -0.25) is 4.79 Å². The smallest absolute Gasteiger partial charge is 0.427 e. The highest BCUT2D eigenvalue weighted by atomic mass is 16.6. The van der Waals surface area contributed by atoms with Gasteiger partial charge in [-0.1, -0.05) is 30.6 Å². The summed E-state index contributed by atoms with van der Waals surface area (Å²) in [5.41, 5.74) is 12.0. The summed E-state index contributed by atoms with van der Waals surface area (Å²) in [5.74, 6) is 0.678. The summed E-state index contributed by atoms with van der Waals surface area (Å²) in [7, 11) is 0. The Morgan fingerprint density at radius 2 is 2.00 bits per heavy atom. The summed E-state index contributed by atoms with van der Waals surface area (Å²) in [6.07, 6.45) is 6.42. The molecule has 4 aliphatic rings. The fraction of sp³-hybridized carbons (Fsp3) is 0.808. The first kappa shape index (κ1) is 26.5. The molecule has 36 heavy (non-hydrogen) atoms. The number of allylic oxidation sites excluding steroid dienone is 1. The second-order valence-electron chi connectivity index (χ2n) is 11.4. The van der Waals surface area contributed by atoms with Gasteiger partial charge in [-0.2, -0.15) is 5.10 Å². The molecule has 0 heterocycles. The quantitative estimate of drug-likeness (QED) is 0.103. The molecule has 3 fully saturated rings. The zero-order chi connectivity index (χ0) is 26.3. The van der Waals surface area contributed by atoms with Crippen LogP contribution in [-0.2, 0) is 14.3 Å². The van der Waals surface area contributed by atoms with Crippen molar-refractivity contribution in [3.8, 4) is 0 Å². The molecular formula is C26H39N5O5. The van der Waals surface area contributed by atoms with Gasteiger partial charge in [-0.05, 0) is 86.5 Å². The number of azide groups is 1. The number of hydrazone groups is 1. The minimum Gasteiger partial charge on any atom is -0.462 e. The topological polar surface area (TPSA) is 146 Å². The normalized spacial score (nSPS) is 41.6.